The van der Waals surface area contributed by atoms with E-state index in [-0.39, 0.29) is 20.6 Å². The number of nitrogens with one attached hydrogen (secondary N) is 3. The van der Waals surface area contributed by atoms with Crippen molar-refractivity contribution in [2.75, 3.05) is 19.6 Å². The number of carbonyl (C=O) groups excluding carboxylic acids is 1. The van der Waals surface area contributed by atoms with Crippen LogP contribution in [0.2, 0.25) is 5.02 Å². The van der Waals surface area contributed by atoms with Crippen molar-refractivity contribution in [1.82, 2.24) is 20.5 Å². The van der Waals surface area contributed by atoms with Gasteiger partial charge in [-0.2, -0.15) is 4.31 Å². The van der Waals surface area contributed by atoms with Gasteiger partial charge >= 0.3 is 0 Å². The van der Waals surface area contributed by atoms with Gasteiger partial charge in [0, 0.05) is 25.2 Å². The van der Waals surface area contributed by atoms with Gasteiger partial charge in [-0.3, -0.25) is 15.6 Å². The van der Waals surface area contributed by atoms with Crippen molar-refractivity contribution < 1.29 is 13.2 Å². The van der Waals surface area contributed by atoms with E-state index in [1.165, 1.54) is 22.5 Å². The molecule has 0 aliphatic carbocycles. The number of halogens is 1. The minimum absolute atomic E-state index is 0.0644. The maximum atomic E-state index is 12.6. The molecule has 3 N–H and O–H groups in total. The fraction of sp³-hybridized carbons (Fsp3) is 0.429. The largest absolute Gasteiger partial charge is 0.362 e. The van der Waals surface area contributed by atoms with Crippen molar-refractivity contribution in [2.24, 2.45) is 0 Å². The standard InChI is InChI=1S/C14H21ClN4O3S2/c1-4-16-14(23)18-17-13(20)10-7-8-11(15)12(9-10)24(21,22)19(5-2)6-3/h7-9H,4-6H2,1-3H3,(H,17,20)(H2,16,18,23). The van der Waals surface area contributed by atoms with E-state index < -0.39 is 15.9 Å². The summed E-state index contributed by atoms with van der Waals surface area (Å²) in [5.74, 6) is -0.525. The molecule has 10 heteroatoms. The summed E-state index contributed by atoms with van der Waals surface area (Å²) in [6.45, 7) is 6.55. The van der Waals surface area contributed by atoms with E-state index in [1.54, 1.807) is 13.8 Å². The number of sulfonamides is 1. The highest BCUT2D eigenvalue weighted by atomic mass is 35.5. The average molecular weight is 393 g/mol. The Morgan fingerprint density at radius 2 is 1.83 bits per heavy atom. The smallest absolute Gasteiger partial charge is 0.269 e. The first-order chi connectivity index (χ1) is 11.3. The van der Waals surface area contributed by atoms with Crippen LogP contribution in [0.1, 0.15) is 31.1 Å². The van der Waals surface area contributed by atoms with E-state index >= 15 is 0 Å². The Labute approximate surface area is 152 Å². The first-order valence-electron chi connectivity index (χ1n) is 7.41. The molecule has 1 rings (SSSR count). The van der Waals surface area contributed by atoms with Gasteiger partial charge in [0.05, 0.1) is 5.02 Å². The Bertz CT molecular complexity index is 706. The molecule has 0 atom stereocenters. The normalized spacial score (nSPS) is 11.2. The van der Waals surface area contributed by atoms with E-state index in [4.69, 9.17) is 23.8 Å². The molecule has 0 bridgehead atoms. The highest BCUT2D eigenvalue weighted by Crippen LogP contribution is 2.25. The first-order valence-corrected chi connectivity index (χ1v) is 9.64. The average Bonchev–Trinajstić information content (AvgIpc) is 2.54. The maximum absolute atomic E-state index is 12.6. The molecule has 134 valence electrons. The maximum Gasteiger partial charge on any atom is 0.269 e. The fourth-order valence-corrected chi connectivity index (χ4v) is 4.09. The lowest BCUT2D eigenvalue weighted by Gasteiger charge is -2.19. The van der Waals surface area contributed by atoms with Gasteiger partial charge in [0.2, 0.25) is 10.0 Å². The predicted molar refractivity (Wildman–Crippen MR) is 98.4 cm³/mol. The number of nitrogens with zero attached hydrogens (tertiary/aromatic N) is 1. The predicted octanol–water partition coefficient (Wildman–Crippen LogP) is 1.50. The van der Waals surface area contributed by atoms with E-state index in [0.717, 1.165) is 0 Å². The van der Waals surface area contributed by atoms with Crippen LogP contribution in [-0.2, 0) is 10.0 Å². The van der Waals surface area contributed by atoms with Crippen LogP contribution in [-0.4, -0.2) is 43.4 Å². The number of amides is 1. The van der Waals surface area contributed by atoms with Gasteiger partial charge in [0.25, 0.3) is 5.91 Å². The molecule has 1 aromatic carbocycles. The second kappa shape index (κ2) is 9.16. The van der Waals surface area contributed by atoms with Crippen molar-refractivity contribution in [3.05, 3.63) is 28.8 Å². The van der Waals surface area contributed by atoms with Gasteiger partial charge in [0.1, 0.15) is 4.90 Å². The topological polar surface area (TPSA) is 90.5 Å². The van der Waals surface area contributed by atoms with Gasteiger partial charge in [-0.1, -0.05) is 25.4 Å². The molecule has 24 heavy (non-hydrogen) atoms. The van der Waals surface area contributed by atoms with Crippen LogP contribution in [0.15, 0.2) is 23.1 Å². The van der Waals surface area contributed by atoms with Crippen LogP contribution >= 0.6 is 23.8 Å². The Hall–Kier alpha value is -1.42. The quantitative estimate of drug-likeness (QED) is 0.502. The Kier molecular flexibility index (Phi) is 7.88. The zero-order chi connectivity index (χ0) is 18.3. The lowest BCUT2D eigenvalue weighted by molar-refractivity contribution is 0.0943. The third-order valence-corrected chi connectivity index (χ3v) is 5.92. The second-order valence-electron chi connectivity index (χ2n) is 4.67. The Morgan fingerprint density at radius 3 is 2.38 bits per heavy atom. The zero-order valence-electron chi connectivity index (χ0n) is 13.7. The van der Waals surface area contributed by atoms with Crippen molar-refractivity contribution in [3.8, 4) is 0 Å². The Balaban J connectivity index is 3.05. The summed E-state index contributed by atoms with van der Waals surface area (Å²) >= 11 is 11.0. The summed E-state index contributed by atoms with van der Waals surface area (Å²) in [7, 11) is -3.76. The summed E-state index contributed by atoms with van der Waals surface area (Å²) in [6, 6.07) is 4.08. The van der Waals surface area contributed by atoms with Crippen LogP contribution in [0.3, 0.4) is 0 Å². The van der Waals surface area contributed by atoms with Crippen molar-refractivity contribution in [1.29, 1.82) is 0 Å². The van der Waals surface area contributed by atoms with Crippen molar-refractivity contribution >= 4 is 44.9 Å². The van der Waals surface area contributed by atoms with Gasteiger partial charge in [0.15, 0.2) is 5.11 Å². The molecule has 0 heterocycles. The summed E-state index contributed by atoms with van der Waals surface area (Å²) in [5, 5.41) is 3.13. The molecule has 0 aliphatic rings. The monoisotopic (exact) mass is 392 g/mol. The van der Waals surface area contributed by atoms with Crippen LogP contribution < -0.4 is 16.2 Å². The van der Waals surface area contributed by atoms with Crippen LogP contribution in [0.5, 0.6) is 0 Å². The first kappa shape index (κ1) is 20.6. The number of thiocarbonyl (C=S) groups is 1. The van der Waals surface area contributed by atoms with Gasteiger partial charge < -0.3 is 5.32 Å². The van der Waals surface area contributed by atoms with E-state index in [2.05, 4.69) is 16.2 Å². The number of carbonyl (C=O) groups is 1. The molecule has 0 radical (unpaired) electrons. The van der Waals surface area contributed by atoms with E-state index in [0.29, 0.717) is 19.6 Å². The highest BCUT2D eigenvalue weighted by Gasteiger charge is 2.25. The molecular formula is C14H21ClN4O3S2. The molecule has 0 aliphatic heterocycles. The van der Waals surface area contributed by atoms with Gasteiger partial charge in [-0.15, -0.1) is 0 Å². The van der Waals surface area contributed by atoms with Crippen LogP contribution in [0, 0.1) is 0 Å². The van der Waals surface area contributed by atoms with E-state index in [9.17, 15) is 13.2 Å². The second-order valence-corrected chi connectivity index (χ2v) is 7.39. The SMILES string of the molecule is CCNC(=S)NNC(=O)c1ccc(Cl)c(S(=O)(=O)N(CC)CC)c1. The summed E-state index contributed by atoms with van der Waals surface area (Å²) < 4.78 is 26.5. The molecule has 0 spiro atoms. The summed E-state index contributed by atoms with van der Waals surface area (Å²) in [5.41, 5.74) is 5.07. The third kappa shape index (κ3) is 5.04. The Morgan fingerprint density at radius 1 is 1.21 bits per heavy atom. The lowest BCUT2D eigenvalue weighted by Crippen LogP contribution is -2.46. The van der Waals surface area contributed by atoms with Crippen molar-refractivity contribution in [3.63, 3.8) is 0 Å². The number of benzene rings is 1. The minimum atomic E-state index is -3.76. The van der Waals surface area contributed by atoms with Crippen LogP contribution in [0.25, 0.3) is 0 Å². The third-order valence-electron chi connectivity index (χ3n) is 3.14. The lowest BCUT2D eigenvalue weighted by atomic mass is 10.2. The number of rotatable bonds is 6. The molecule has 0 saturated carbocycles. The molecular weight excluding hydrogens is 372 g/mol. The minimum Gasteiger partial charge on any atom is -0.362 e. The molecule has 0 aromatic heterocycles. The molecule has 0 fully saturated rings. The van der Waals surface area contributed by atoms with E-state index in [1.807, 2.05) is 6.92 Å². The van der Waals surface area contributed by atoms with Gasteiger partial charge in [-0.05, 0) is 37.3 Å². The summed E-state index contributed by atoms with van der Waals surface area (Å²) in [4.78, 5) is 12.0. The molecule has 7 nitrogen and oxygen atoms in total. The fourth-order valence-electron chi connectivity index (χ4n) is 1.94. The number of hydrogen-bond donors (Lipinski definition) is 3. The molecule has 0 saturated heterocycles. The molecule has 1 aromatic rings. The summed E-state index contributed by atoms with van der Waals surface area (Å²) in [6.07, 6.45) is 0. The number of hydrazine groups is 1. The van der Waals surface area contributed by atoms with Crippen LogP contribution in [0.4, 0.5) is 0 Å². The number of hydrogen-bond acceptors (Lipinski definition) is 4. The molecule has 0 unspecified atom stereocenters. The zero-order valence-corrected chi connectivity index (χ0v) is 16.1. The van der Waals surface area contributed by atoms with Gasteiger partial charge in [-0.25, -0.2) is 8.42 Å². The van der Waals surface area contributed by atoms with Crippen molar-refractivity contribution in [2.45, 2.75) is 25.7 Å². The highest BCUT2D eigenvalue weighted by molar-refractivity contribution is 7.89. The molecule has 1 amide bonds.